The van der Waals surface area contributed by atoms with Gasteiger partial charge >= 0.3 is 0 Å². The van der Waals surface area contributed by atoms with E-state index in [0.717, 1.165) is 12.8 Å². The van der Waals surface area contributed by atoms with Gasteiger partial charge < -0.3 is 10.0 Å². The minimum Gasteiger partial charge on any atom is -0.374 e. The van der Waals surface area contributed by atoms with Crippen LogP contribution in [0.2, 0.25) is 0 Å². The Kier molecular flexibility index (Phi) is 3.02. The fraction of sp³-hybridized carbons (Fsp3) is 0.417. The van der Waals surface area contributed by atoms with E-state index in [0.29, 0.717) is 18.5 Å². The Balaban J connectivity index is 2.13. The van der Waals surface area contributed by atoms with Gasteiger partial charge in [0.2, 0.25) is 0 Å². The van der Waals surface area contributed by atoms with Crippen molar-refractivity contribution in [1.29, 1.82) is 0 Å². The van der Waals surface area contributed by atoms with E-state index in [9.17, 15) is 9.90 Å². The Bertz CT molecular complexity index is 337. The van der Waals surface area contributed by atoms with Crippen LogP contribution in [-0.2, 0) is 0 Å². The Hall–Kier alpha value is -1.35. The minimum absolute atomic E-state index is 0.0669. The van der Waals surface area contributed by atoms with Crippen LogP contribution in [0.4, 0.5) is 0 Å². The molecule has 0 saturated carbocycles. The molecule has 1 aromatic rings. The number of hydrogen-bond acceptors (Lipinski definition) is 2. The minimum atomic E-state index is -0.605. The predicted octanol–water partition coefficient (Wildman–Crippen LogP) is 1.63. The van der Waals surface area contributed by atoms with Crippen molar-refractivity contribution in [2.24, 2.45) is 0 Å². The summed E-state index contributed by atoms with van der Waals surface area (Å²) in [5, 5.41) is 9.71. The molecule has 1 fully saturated rings. The third-order valence-electron chi connectivity index (χ3n) is 2.75. The predicted molar refractivity (Wildman–Crippen MR) is 57.3 cm³/mol. The van der Waals surface area contributed by atoms with Gasteiger partial charge in [-0.3, -0.25) is 4.79 Å². The SMILES string of the molecule is O=C(c1ccccc1)N1CCCC[C@H]1O. The van der Waals surface area contributed by atoms with Crippen LogP contribution in [0.1, 0.15) is 29.6 Å². The zero-order valence-corrected chi connectivity index (χ0v) is 8.60. The van der Waals surface area contributed by atoms with Gasteiger partial charge in [-0.05, 0) is 31.4 Å². The Morgan fingerprint density at radius 2 is 2.00 bits per heavy atom. The summed E-state index contributed by atoms with van der Waals surface area (Å²) in [5.74, 6) is -0.0669. The number of aliphatic hydroxyl groups excluding tert-OH is 1. The largest absolute Gasteiger partial charge is 0.374 e. The summed E-state index contributed by atoms with van der Waals surface area (Å²) in [5.41, 5.74) is 0.651. The molecule has 1 atom stereocenters. The molecule has 0 radical (unpaired) electrons. The molecule has 0 spiro atoms. The number of aliphatic hydroxyl groups is 1. The van der Waals surface area contributed by atoms with Crippen molar-refractivity contribution in [2.45, 2.75) is 25.5 Å². The second kappa shape index (κ2) is 4.45. The fourth-order valence-corrected chi connectivity index (χ4v) is 1.90. The molecule has 1 aromatic carbocycles. The van der Waals surface area contributed by atoms with Crippen LogP contribution in [-0.4, -0.2) is 28.7 Å². The summed E-state index contributed by atoms with van der Waals surface area (Å²) >= 11 is 0. The summed E-state index contributed by atoms with van der Waals surface area (Å²) in [4.78, 5) is 13.5. The van der Waals surface area contributed by atoms with E-state index < -0.39 is 6.23 Å². The highest BCUT2D eigenvalue weighted by molar-refractivity contribution is 5.94. The topological polar surface area (TPSA) is 40.5 Å². The molecule has 1 amide bonds. The second-order valence-corrected chi connectivity index (χ2v) is 3.84. The van der Waals surface area contributed by atoms with Crippen LogP contribution in [0, 0.1) is 0 Å². The highest BCUT2D eigenvalue weighted by Crippen LogP contribution is 2.17. The summed E-state index contributed by atoms with van der Waals surface area (Å²) in [6, 6.07) is 9.11. The Morgan fingerprint density at radius 1 is 1.27 bits per heavy atom. The molecule has 80 valence electrons. The van der Waals surface area contributed by atoms with Gasteiger partial charge in [0.1, 0.15) is 6.23 Å². The first-order valence-electron chi connectivity index (χ1n) is 5.33. The third-order valence-corrected chi connectivity index (χ3v) is 2.75. The molecular formula is C12H15NO2. The van der Waals surface area contributed by atoms with E-state index in [4.69, 9.17) is 0 Å². The number of amides is 1. The summed E-state index contributed by atoms with van der Waals surface area (Å²) in [6.07, 6.45) is 2.07. The molecule has 15 heavy (non-hydrogen) atoms. The molecule has 1 saturated heterocycles. The lowest BCUT2D eigenvalue weighted by Crippen LogP contribution is -2.43. The van der Waals surface area contributed by atoms with Gasteiger partial charge in [-0.25, -0.2) is 0 Å². The molecule has 0 unspecified atom stereocenters. The molecule has 1 N–H and O–H groups in total. The van der Waals surface area contributed by atoms with E-state index in [1.54, 1.807) is 17.0 Å². The summed E-state index contributed by atoms with van der Waals surface area (Å²) in [7, 11) is 0. The number of hydrogen-bond donors (Lipinski definition) is 1. The van der Waals surface area contributed by atoms with E-state index in [1.807, 2.05) is 18.2 Å². The number of carbonyl (C=O) groups excluding carboxylic acids is 1. The van der Waals surface area contributed by atoms with Gasteiger partial charge in [0.25, 0.3) is 5.91 Å². The number of rotatable bonds is 1. The van der Waals surface area contributed by atoms with Crippen LogP contribution in [0.3, 0.4) is 0 Å². The van der Waals surface area contributed by atoms with E-state index >= 15 is 0 Å². The average Bonchev–Trinajstić information content (AvgIpc) is 2.30. The molecular weight excluding hydrogens is 190 g/mol. The maximum atomic E-state index is 12.0. The molecule has 0 aliphatic carbocycles. The number of nitrogens with zero attached hydrogens (tertiary/aromatic N) is 1. The van der Waals surface area contributed by atoms with Crippen molar-refractivity contribution in [1.82, 2.24) is 4.90 Å². The van der Waals surface area contributed by atoms with Crippen LogP contribution in [0.5, 0.6) is 0 Å². The van der Waals surface area contributed by atoms with Crippen molar-refractivity contribution >= 4 is 5.91 Å². The van der Waals surface area contributed by atoms with E-state index in [1.165, 1.54) is 0 Å². The van der Waals surface area contributed by atoms with Crippen molar-refractivity contribution in [2.75, 3.05) is 6.54 Å². The highest BCUT2D eigenvalue weighted by Gasteiger charge is 2.25. The molecule has 1 aliphatic heterocycles. The first-order chi connectivity index (χ1) is 7.29. The van der Waals surface area contributed by atoms with Gasteiger partial charge in [-0.2, -0.15) is 0 Å². The monoisotopic (exact) mass is 205 g/mol. The van der Waals surface area contributed by atoms with E-state index in [-0.39, 0.29) is 5.91 Å². The lowest BCUT2D eigenvalue weighted by Gasteiger charge is -2.32. The smallest absolute Gasteiger partial charge is 0.255 e. The molecule has 3 nitrogen and oxygen atoms in total. The third kappa shape index (κ3) is 2.18. The van der Waals surface area contributed by atoms with Gasteiger partial charge in [0.15, 0.2) is 0 Å². The van der Waals surface area contributed by atoms with Gasteiger partial charge in [-0.15, -0.1) is 0 Å². The normalized spacial score (nSPS) is 21.4. The number of carbonyl (C=O) groups is 1. The lowest BCUT2D eigenvalue weighted by atomic mass is 10.1. The molecule has 1 aliphatic rings. The number of benzene rings is 1. The summed E-state index contributed by atoms with van der Waals surface area (Å²) < 4.78 is 0. The zero-order valence-electron chi connectivity index (χ0n) is 8.60. The fourth-order valence-electron chi connectivity index (χ4n) is 1.90. The van der Waals surface area contributed by atoms with Gasteiger partial charge in [0.05, 0.1) is 0 Å². The van der Waals surface area contributed by atoms with Crippen molar-refractivity contribution in [3.63, 3.8) is 0 Å². The molecule has 3 heteroatoms. The van der Waals surface area contributed by atoms with Gasteiger partial charge in [0, 0.05) is 12.1 Å². The summed E-state index contributed by atoms with van der Waals surface area (Å²) in [6.45, 7) is 0.662. The average molecular weight is 205 g/mol. The number of piperidine rings is 1. The van der Waals surface area contributed by atoms with Crippen molar-refractivity contribution < 1.29 is 9.90 Å². The van der Waals surface area contributed by atoms with Crippen LogP contribution >= 0.6 is 0 Å². The quantitative estimate of drug-likeness (QED) is 0.757. The Labute approximate surface area is 89.3 Å². The molecule has 0 bridgehead atoms. The van der Waals surface area contributed by atoms with E-state index in [2.05, 4.69) is 0 Å². The van der Waals surface area contributed by atoms with Crippen molar-refractivity contribution in [3.05, 3.63) is 35.9 Å². The number of likely N-dealkylation sites (tertiary alicyclic amines) is 1. The van der Waals surface area contributed by atoms with Crippen LogP contribution < -0.4 is 0 Å². The zero-order chi connectivity index (χ0) is 10.7. The maximum Gasteiger partial charge on any atom is 0.255 e. The van der Waals surface area contributed by atoms with Gasteiger partial charge in [-0.1, -0.05) is 18.2 Å². The standard InChI is InChI=1S/C12H15NO2/c14-11-8-4-5-9-13(11)12(15)10-6-2-1-3-7-10/h1-3,6-7,11,14H,4-5,8-9H2/t11-/m1/s1. The second-order valence-electron chi connectivity index (χ2n) is 3.84. The highest BCUT2D eigenvalue weighted by atomic mass is 16.3. The van der Waals surface area contributed by atoms with Crippen LogP contribution in [0.15, 0.2) is 30.3 Å². The Morgan fingerprint density at radius 3 is 2.67 bits per heavy atom. The first-order valence-corrected chi connectivity index (χ1v) is 5.33. The molecule has 2 rings (SSSR count). The first kappa shape index (κ1) is 10.2. The van der Waals surface area contributed by atoms with Crippen LogP contribution in [0.25, 0.3) is 0 Å². The molecule has 1 heterocycles. The molecule has 0 aromatic heterocycles. The maximum absolute atomic E-state index is 12.0. The van der Waals surface area contributed by atoms with Crippen molar-refractivity contribution in [3.8, 4) is 0 Å². The lowest BCUT2D eigenvalue weighted by molar-refractivity contribution is -0.0120.